The lowest BCUT2D eigenvalue weighted by molar-refractivity contribution is -0.120. The van der Waals surface area contributed by atoms with E-state index in [1.54, 1.807) is 12.3 Å². The highest BCUT2D eigenvalue weighted by Crippen LogP contribution is 2.36. The molecule has 3 rings (SSSR count). The number of aromatic nitrogens is 3. The van der Waals surface area contributed by atoms with Crippen molar-refractivity contribution in [1.82, 2.24) is 20.1 Å². The van der Waals surface area contributed by atoms with Crippen molar-refractivity contribution >= 4 is 17.7 Å². The van der Waals surface area contributed by atoms with Gasteiger partial charge in [-0.25, -0.2) is 0 Å². The summed E-state index contributed by atoms with van der Waals surface area (Å²) in [5.74, 6) is 1.44. The predicted molar refractivity (Wildman–Crippen MR) is 98.4 cm³/mol. The smallest absolute Gasteiger partial charge is 0.233 e. The standard InChI is InChI=1S/C18H24N4O2S/c1-3-11-19-17(23)13(2)25-18-21-20-16(15-10-7-12-24-15)22(18)14-8-5-4-6-9-14/h3,7,10,12-14H,1,4-6,8-9,11H2,2H3,(H,19,23)/t13-/m1/s1. The Morgan fingerprint density at radius 2 is 2.28 bits per heavy atom. The van der Waals surface area contributed by atoms with E-state index < -0.39 is 0 Å². The number of nitrogens with zero attached hydrogens (tertiary/aromatic N) is 3. The van der Waals surface area contributed by atoms with Crippen LogP contribution in [0.5, 0.6) is 0 Å². The summed E-state index contributed by atoms with van der Waals surface area (Å²) in [6, 6.07) is 4.11. The van der Waals surface area contributed by atoms with Crippen LogP contribution < -0.4 is 5.32 Å². The van der Waals surface area contributed by atoms with Crippen LogP contribution in [0.2, 0.25) is 0 Å². The van der Waals surface area contributed by atoms with Gasteiger partial charge in [0.2, 0.25) is 11.7 Å². The maximum absolute atomic E-state index is 12.2. The van der Waals surface area contributed by atoms with E-state index in [0.29, 0.717) is 18.3 Å². The van der Waals surface area contributed by atoms with Crippen LogP contribution in [0.4, 0.5) is 0 Å². The summed E-state index contributed by atoms with van der Waals surface area (Å²) in [4.78, 5) is 12.2. The predicted octanol–water partition coefficient (Wildman–Crippen LogP) is 3.83. The van der Waals surface area contributed by atoms with E-state index in [1.165, 1.54) is 31.0 Å². The minimum Gasteiger partial charge on any atom is -0.461 e. The van der Waals surface area contributed by atoms with E-state index >= 15 is 0 Å². The van der Waals surface area contributed by atoms with E-state index in [0.717, 1.165) is 23.8 Å². The number of hydrogen-bond donors (Lipinski definition) is 1. The number of carbonyl (C=O) groups excluding carboxylic acids is 1. The summed E-state index contributed by atoms with van der Waals surface area (Å²) in [6.07, 6.45) is 9.23. The van der Waals surface area contributed by atoms with Crippen molar-refractivity contribution in [1.29, 1.82) is 0 Å². The Balaban J connectivity index is 1.85. The zero-order valence-electron chi connectivity index (χ0n) is 14.5. The molecule has 0 spiro atoms. The lowest BCUT2D eigenvalue weighted by Gasteiger charge is -2.25. The van der Waals surface area contributed by atoms with Crippen molar-refractivity contribution in [2.45, 2.75) is 55.5 Å². The van der Waals surface area contributed by atoms with Gasteiger partial charge in [0.1, 0.15) is 0 Å². The third-order valence-electron chi connectivity index (χ3n) is 4.42. The maximum atomic E-state index is 12.2. The van der Waals surface area contributed by atoms with Gasteiger partial charge < -0.3 is 9.73 Å². The van der Waals surface area contributed by atoms with Gasteiger partial charge in [0.15, 0.2) is 10.9 Å². The Kier molecular flexibility index (Phi) is 5.96. The number of carbonyl (C=O) groups is 1. The fourth-order valence-corrected chi connectivity index (χ4v) is 4.07. The van der Waals surface area contributed by atoms with Crippen molar-refractivity contribution < 1.29 is 9.21 Å². The van der Waals surface area contributed by atoms with Crippen molar-refractivity contribution in [2.24, 2.45) is 0 Å². The molecule has 1 atom stereocenters. The molecule has 1 aliphatic carbocycles. The molecular formula is C18H24N4O2S. The monoisotopic (exact) mass is 360 g/mol. The van der Waals surface area contributed by atoms with Gasteiger partial charge in [-0.2, -0.15) is 0 Å². The Morgan fingerprint density at radius 1 is 1.48 bits per heavy atom. The van der Waals surface area contributed by atoms with Gasteiger partial charge in [0.25, 0.3) is 0 Å². The number of furan rings is 1. The highest BCUT2D eigenvalue weighted by Gasteiger charge is 2.27. The molecule has 7 heteroatoms. The molecule has 1 amide bonds. The Bertz CT molecular complexity index is 705. The molecule has 0 unspecified atom stereocenters. The van der Waals surface area contributed by atoms with Gasteiger partial charge in [-0.1, -0.05) is 37.1 Å². The second-order valence-corrected chi connectivity index (χ2v) is 7.55. The Hall–Kier alpha value is -2.02. The summed E-state index contributed by atoms with van der Waals surface area (Å²) in [7, 11) is 0. The molecule has 0 aromatic carbocycles. The van der Waals surface area contributed by atoms with Gasteiger partial charge in [0, 0.05) is 12.6 Å². The van der Waals surface area contributed by atoms with Crippen LogP contribution in [0, 0.1) is 0 Å². The molecule has 1 N–H and O–H groups in total. The molecule has 1 saturated carbocycles. The molecule has 2 aromatic heterocycles. The summed E-state index contributed by atoms with van der Waals surface area (Å²) in [5.41, 5.74) is 0. The lowest BCUT2D eigenvalue weighted by atomic mass is 9.95. The van der Waals surface area contributed by atoms with Gasteiger partial charge >= 0.3 is 0 Å². The number of amides is 1. The van der Waals surface area contributed by atoms with Gasteiger partial charge in [0.05, 0.1) is 11.5 Å². The zero-order chi connectivity index (χ0) is 17.6. The van der Waals surface area contributed by atoms with Gasteiger partial charge in [-0.3, -0.25) is 9.36 Å². The SMILES string of the molecule is C=CCNC(=O)[C@@H](C)Sc1nnc(-c2ccco2)n1C1CCCCC1. The maximum Gasteiger partial charge on any atom is 0.233 e. The first-order chi connectivity index (χ1) is 12.2. The van der Waals surface area contributed by atoms with Crippen LogP contribution >= 0.6 is 11.8 Å². The number of thioether (sulfide) groups is 1. The zero-order valence-corrected chi connectivity index (χ0v) is 15.3. The van der Waals surface area contributed by atoms with Crippen LogP contribution in [0.25, 0.3) is 11.6 Å². The van der Waals surface area contributed by atoms with Crippen molar-refractivity contribution in [3.8, 4) is 11.6 Å². The van der Waals surface area contributed by atoms with Crippen molar-refractivity contribution in [2.75, 3.05) is 6.54 Å². The van der Waals surface area contributed by atoms with Crippen LogP contribution in [0.3, 0.4) is 0 Å². The Labute approximate surface area is 152 Å². The van der Waals surface area contributed by atoms with Crippen LogP contribution in [0.15, 0.2) is 40.6 Å². The molecule has 0 radical (unpaired) electrons. The number of nitrogens with one attached hydrogen (secondary N) is 1. The minimum absolute atomic E-state index is 0.0253. The molecule has 0 saturated heterocycles. The van der Waals surface area contributed by atoms with Gasteiger partial charge in [-0.15, -0.1) is 16.8 Å². The highest BCUT2D eigenvalue weighted by molar-refractivity contribution is 8.00. The van der Waals surface area contributed by atoms with Crippen LogP contribution in [-0.2, 0) is 4.79 Å². The molecule has 6 nitrogen and oxygen atoms in total. The molecule has 134 valence electrons. The molecule has 25 heavy (non-hydrogen) atoms. The highest BCUT2D eigenvalue weighted by atomic mass is 32.2. The average molecular weight is 360 g/mol. The molecular weight excluding hydrogens is 336 g/mol. The second-order valence-electron chi connectivity index (χ2n) is 6.24. The van der Waals surface area contributed by atoms with Crippen LogP contribution in [-0.4, -0.2) is 32.5 Å². The fourth-order valence-electron chi connectivity index (χ4n) is 3.13. The fraction of sp³-hybridized carbons (Fsp3) is 0.500. The molecule has 1 fully saturated rings. The van der Waals surface area contributed by atoms with Crippen molar-refractivity contribution in [3.05, 3.63) is 31.1 Å². The van der Waals surface area contributed by atoms with E-state index in [1.807, 2.05) is 19.1 Å². The number of hydrogen-bond acceptors (Lipinski definition) is 5. The summed E-state index contributed by atoms with van der Waals surface area (Å²) < 4.78 is 7.71. The average Bonchev–Trinajstić information content (AvgIpc) is 3.29. The van der Waals surface area contributed by atoms with Gasteiger partial charge in [-0.05, 0) is 31.9 Å². The topological polar surface area (TPSA) is 73.0 Å². The van der Waals surface area contributed by atoms with E-state index in [-0.39, 0.29) is 11.2 Å². The molecule has 2 aromatic rings. The van der Waals surface area contributed by atoms with Crippen LogP contribution in [0.1, 0.15) is 45.1 Å². The Morgan fingerprint density at radius 3 is 2.96 bits per heavy atom. The summed E-state index contributed by atoms with van der Waals surface area (Å²) in [6.45, 7) is 5.98. The first kappa shape index (κ1) is 17.8. The molecule has 1 aliphatic rings. The summed E-state index contributed by atoms with van der Waals surface area (Å²) >= 11 is 1.44. The normalized spacial score (nSPS) is 16.5. The lowest BCUT2D eigenvalue weighted by Crippen LogP contribution is -2.31. The van der Waals surface area contributed by atoms with E-state index in [4.69, 9.17) is 4.42 Å². The third kappa shape index (κ3) is 4.15. The van der Waals surface area contributed by atoms with E-state index in [9.17, 15) is 4.79 Å². The number of rotatable bonds is 7. The van der Waals surface area contributed by atoms with E-state index in [2.05, 4.69) is 26.7 Å². The first-order valence-electron chi connectivity index (χ1n) is 8.74. The first-order valence-corrected chi connectivity index (χ1v) is 9.62. The summed E-state index contributed by atoms with van der Waals surface area (Å²) in [5, 5.41) is 12.1. The molecule has 2 heterocycles. The van der Waals surface area contributed by atoms with Crippen molar-refractivity contribution in [3.63, 3.8) is 0 Å². The quantitative estimate of drug-likeness (QED) is 0.600. The molecule has 0 bridgehead atoms. The largest absolute Gasteiger partial charge is 0.461 e. The molecule has 0 aliphatic heterocycles. The second kappa shape index (κ2) is 8.38. The minimum atomic E-state index is -0.254. The third-order valence-corrected chi connectivity index (χ3v) is 5.47.